The van der Waals surface area contributed by atoms with E-state index in [2.05, 4.69) is 16.1 Å². The monoisotopic (exact) mass is 430 g/mol. The predicted molar refractivity (Wildman–Crippen MR) is 108 cm³/mol. The number of carboxylic acids is 4. The zero-order valence-corrected chi connectivity index (χ0v) is 18.0. The fourth-order valence-electron chi connectivity index (χ4n) is 0.579. The number of carbonyl (C=O) groups is 4. The largest absolute Gasteiger partial charge is 0.502 e. The first-order valence-electron chi connectivity index (χ1n) is 8.07. The third-order valence-electron chi connectivity index (χ3n) is 1.59. The number of hydrogen-bond donors (Lipinski definition) is 4. The van der Waals surface area contributed by atoms with Crippen LogP contribution in [0.3, 0.4) is 0 Å². The van der Waals surface area contributed by atoms with Crippen LogP contribution in [0.1, 0.15) is 40.0 Å². The molecule has 0 aromatic carbocycles. The number of rotatable bonds is 9. The van der Waals surface area contributed by atoms with Crippen LogP contribution in [-0.4, -0.2) is 76.6 Å². The lowest BCUT2D eigenvalue weighted by Crippen LogP contribution is -2.02. The maximum atomic E-state index is 9.60. The molecular formula is C17H34O10S. The lowest BCUT2D eigenvalue weighted by molar-refractivity contribution is -0.141. The van der Waals surface area contributed by atoms with Crippen LogP contribution in [0.15, 0.2) is 12.8 Å². The minimum absolute atomic E-state index is 0.208. The van der Waals surface area contributed by atoms with Crippen LogP contribution in [0.2, 0.25) is 0 Å². The normalized spacial score (nSPS) is 7.75. The van der Waals surface area contributed by atoms with E-state index in [0.717, 1.165) is 13.0 Å². The van der Waals surface area contributed by atoms with Crippen molar-refractivity contribution >= 4 is 35.6 Å². The van der Waals surface area contributed by atoms with Gasteiger partial charge in [-0.25, -0.2) is 4.79 Å². The third kappa shape index (κ3) is 106. The Morgan fingerprint density at radius 2 is 1.39 bits per heavy atom. The molecule has 0 spiro atoms. The van der Waals surface area contributed by atoms with E-state index in [0.29, 0.717) is 6.42 Å². The maximum Gasteiger partial charge on any atom is 0.329 e. The lowest BCUT2D eigenvalue weighted by Gasteiger charge is -1.84. The van der Waals surface area contributed by atoms with Crippen LogP contribution < -0.4 is 0 Å². The number of methoxy groups -OCH3 is 1. The van der Waals surface area contributed by atoms with E-state index in [4.69, 9.17) is 20.4 Å². The first-order chi connectivity index (χ1) is 13.0. The van der Waals surface area contributed by atoms with E-state index in [1.807, 2.05) is 13.8 Å². The lowest BCUT2D eigenvalue weighted by atomic mass is 10.4. The molecule has 0 unspecified atom stereocenters. The summed E-state index contributed by atoms with van der Waals surface area (Å²) >= 11 is 1.31. The van der Waals surface area contributed by atoms with Gasteiger partial charge in [0.1, 0.15) is 6.61 Å². The Morgan fingerprint density at radius 3 is 1.39 bits per heavy atom. The summed E-state index contributed by atoms with van der Waals surface area (Å²) < 4.78 is 8.80. The molecule has 28 heavy (non-hydrogen) atoms. The molecular weight excluding hydrogens is 396 g/mol. The Labute approximate surface area is 170 Å². The molecule has 10 nitrogen and oxygen atoms in total. The molecule has 0 aliphatic carbocycles. The molecule has 0 bridgehead atoms. The number of thioether (sulfide) groups is 1. The molecule has 0 fully saturated rings. The summed E-state index contributed by atoms with van der Waals surface area (Å²) in [7, 11) is 1.34. The van der Waals surface area contributed by atoms with E-state index < -0.39 is 23.9 Å². The average molecular weight is 431 g/mol. The summed E-state index contributed by atoms with van der Waals surface area (Å²) in [5.74, 6) is -2.93. The van der Waals surface area contributed by atoms with Crippen molar-refractivity contribution in [3.05, 3.63) is 12.8 Å². The Hall–Kier alpha value is -2.27. The van der Waals surface area contributed by atoms with Crippen LogP contribution in [0, 0.1) is 0 Å². The molecule has 0 aromatic rings. The van der Waals surface area contributed by atoms with Crippen molar-refractivity contribution in [2.45, 2.75) is 40.0 Å². The molecule has 0 aliphatic heterocycles. The van der Waals surface area contributed by atoms with E-state index in [9.17, 15) is 19.2 Å². The van der Waals surface area contributed by atoms with Crippen molar-refractivity contribution in [3.63, 3.8) is 0 Å². The number of aliphatic carboxylic acids is 4. The van der Waals surface area contributed by atoms with E-state index in [-0.39, 0.29) is 18.8 Å². The van der Waals surface area contributed by atoms with Gasteiger partial charge in [0, 0.05) is 20.0 Å². The first kappa shape index (κ1) is 36.6. The zero-order chi connectivity index (χ0) is 23.4. The average Bonchev–Trinajstić information content (AvgIpc) is 2.57. The number of carboxylic acid groups (broad SMARTS) is 4. The minimum Gasteiger partial charge on any atom is -0.502 e. The Balaban J connectivity index is -0.0000000789. The van der Waals surface area contributed by atoms with Gasteiger partial charge in [0.05, 0.1) is 18.6 Å². The Morgan fingerprint density at radius 1 is 0.929 bits per heavy atom. The fourth-order valence-corrected chi connectivity index (χ4v) is 0.826. The van der Waals surface area contributed by atoms with Gasteiger partial charge in [0.2, 0.25) is 0 Å². The molecule has 0 rings (SSSR count). The standard InChI is InChI=1S/C4H8O2.C4H8O.C3H6O3.C3H6O2S.C3H6O2/c1-2-3-4(5)6;1-3-5-4-2;2*1-6-2-3(4)5;1-2-3(4)5/h2-3H2,1H3,(H,5,6);3H,1,4H2,2H3;2*2H2,1H3,(H,4,5);2H2,1H3,(H,4,5). The highest BCUT2D eigenvalue weighted by molar-refractivity contribution is 7.99. The molecule has 0 amide bonds. The maximum absolute atomic E-state index is 9.60. The summed E-state index contributed by atoms with van der Waals surface area (Å²) in [4.78, 5) is 38.0. The van der Waals surface area contributed by atoms with Gasteiger partial charge in [0.15, 0.2) is 0 Å². The smallest absolute Gasteiger partial charge is 0.329 e. The molecule has 0 heterocycles. The van der Waals surface area contributed by atoms with Crippen LogP contribution >= 0.6 is 11.8 Å². The van der Waals surface area contributed by atoms with E-state index in [1.54, 1.807) is 13.2 Å². The quantitative estimate of drug-likeness (QED) is 0.397. The molecule has 0 saturated carbocycles. The van der Waals surface area contributed by atoms with Gasteiger partial charge in [0.25, 0.3) is 0 Å². The van der Waals surface area contributed by atoms with Crippen molar-refractivity contribution in [1.29, 1.82) is 0 Å². The Kier molecular flexibility index (Phi) is 46.8. The van der Waals surface area contributed by atoms with Gasteiger partial charge in [-0.2, -0.15) is 11.8 Å². The summed E-state index contributed by atoms with van der Waals surface area (Å²) in [6.45, 7) is 9.20. The van der Waals surface area contributed by atoms with Gasteiger partial charge < -0.3 is 29.9 Å². The second kappa shape index (κ2) is 35.8. The van der Waals surface area contributed by atoms with Gasteiger partial charge in [-0.05, 0) is 19.6 Å². The van der Waals surface area contributed by atoms with Gasteiger partial charge >= 0.3 is 23.9 Å². The predicted octanol–water partition coefficient (Wildman–Crippen LogP) is 2.67. The van der Waals surface area contributed by atoms with Crippen molar-refractivity contribution < 1.29 is 49.1 Å². The van der Waals surface area contributed by atoms with Gasteiger partial charge in [-0.1, -0.05) is 20.4 Å². The topological polar surface area (TPSA) is 168 Å². The van der Waals surface area contributed by atoms with Crippen LogP contribution in [0.5, 0.6) is 0 Å². The van der Waals surface area contributed by atoms with Gasteiger partial charge in [-0.15, -0.1) is 0 Å². The molecule has 0 aromatic heterocycles. The second-order valence-electron chi connectivity index (χ2n) is 4.17. The van der Waals surface area contributed by atoms with E-state index in [1.165, 1.54) is 25.1 Å². The summed E-state index contributed by atoms with van der Waals surface area (Å²) in [6, 6.07) is 0. The van der Waals surface area contributed by atoms with Crippen LogP contribution in [0.4, 0.5) is 0 Å². The number of ether oxygens (including phenoxy) is 2. The number of hydrogen-bond acceptors (Lipinski definition) is 7. The van der Waals surface area contributed by atoms with Crippen LogP contribution in [0.25, 0.3) is 0 Å². The first-order valence-corrected chi connectivity index (χ1v) is 9.47. The summed E-state index contributed by atoms with van der Waals surface area (Å²) in [5.41, 5.74) is 0. The van der Waals surface area contributed by atoms with Crippen molar-refractivity contribution in [3.8, 4) is 0 Å². The van der Waals surface area contributed by atoms with Crippen molar-refractivity contribution in [1.82, 2.24) is 0 Å². The van der Waals surface area contributed by atoms with E-state index >= 15 is 0 Å². The highest BCUT2D eigenvalue weighted by Gasteiger charge is 1.88. The highest BCUT2D eigenvalue weighted by Crippen LogP contribution is 1.87. The van der Waals surface area contributed by atoms with Crippen molar-refractivity contribution in [2.75, 3.05) is 32.3 Å². The minimum atomic E-state index is -0.933. The van der Waals surface area contributed by atoms with Gasteiger partial charge in [-0.3, -0.25) is 14.4 Å². The highest BCUT2D eigenvalue weighted by atomic mass is 32.2. The zero-order valence-electron chi connectivity index (χ0n) is 17.2. The van der Waals surface area contributed by atoms with Crippen molar-refractivity contribution in [2.24, 2.45) is 0 Å². The molecule has 4 N–H and O–H groups in total. The third-order valence-corrected chi connectivity index (χ3v) is 2.12. The molecule has 11 heteroatoms. The SMILES string of the molecule is C=COCC.CCC(=O)O.CCCC(=O)O.COCC(=O)O.CSCC(=O)O. The van der Waals surface area contributed by atoms with Crippen LogP contribution in [-0.2, 0) is 28.7 Å². The molecule has 0 radical (unpaired) electrons. The fraction of sp³-hybridized carbons (Fsp3) is 0.647. The molecule has 0 aliphatic rings. The molecule has 0 saturated heterocycles. The second-order valence-corrected chi connectivity index (χ2v) is 5.03. The molecule has 0 atom stereocenters. The summed E-state index contributed by atoms with van der Waals surface area (Å²) in [5, 5.41) is 31.3. The summed E-state index contributed by atoms with van der Waals surface area (Å²) in [6.07, 6.45) is 4.43. The molecule has 168 valence electrons. The Bertz CT molecular complexity index is 348.